The first kappa shape index (κ1) is 28.9. The molecule has 1 saturated heterocycles. The van der Waals surface area contributed by atoms with E-state index in [2.05, 4.69) is 0 Å². The number of nitrogens with zero attached hydrogens (tertiary/aromatic N) is 4. The van der Waals surface area contributed by atoms with Crippen molar-refractivity contribution >= 4 is 31.2 Å². The molecule has 1 aliphatic heterocycles. The highest BCUT2D eigenvalue weighted by Gasteiger charge is 2.26. The van der Waals surface area contributed by atoms with Gasteiger partial charge in [-0.1, -0.05) is 0 Å². The lowest BCUT2D eigenvalue weighted by atomic mass is 10.3. The van der Waals surface area contributed by atoms with E-state index in [4.69, 9.17) is 10.2 Å². The van der Waals surface area contributed by atoms with E-state index < -0.39 is 43.8 Å². The Morgan fingerprint density at radius 1 is 0.576 bits per heavy atom. The minimum Gasteiger partial charge on any atom is -0.481 e. The van der Waals surface area contributed by atoms with E-state index in [1.807, 2.05) is 0 Å². The molecule has 14 nitrogen and oxygen atoms in total. The van der Waals surface area contributed by atoms with Crippen LogP contribution >= 0.6 is 7.37 Å². The molecule has 0 radical (unpaired) electrons. The zero-order valence-corrected chi connectivity index (χ0v) is 19.3. The molecule has 1 rings (SSSR count). The van der Waals surface area contributed by atoms with E-state index >= 15 is 0 Å². The molecule has 1 unspecified atom stereocenters. The summed E-state index contributed by atoms with van der Waals surface area (Å²) in [4.78, 5) is 61.1. The van der Waals surface area contributed by atoms with Gasteiger partial charge in [0.25, 0.3) is 0 Å². The lowest BCUT2D eigenvalue weighted by molar-refractivity contribution is -0.140. The SMILES string of the molecule is O=C(O)CCP(=O)(O)CN1CCN(CC(=O)O)CCN(CC(=O)O)CCN(CC(=O)O)CC1. The molecule has 0 amide bonds. The normalized spacial score (nSPS) is 20.3. The van der Waals surface area contributed by atoms with Crippen molar-refractivity contribution in [3.63, 3.8) is 0 Å². The molecule has 15 heteroatoms. The lowest BCUT2D eigenvalue weighted by Gasteiger charge is -2.33. The van der Waals surface area contributed by atoms with E-state index in [1.54, 1.807) is 19.6 Å². The van der Waals surface area contributed by atoms with Crippen LogP contribution in [0.25, 0.3) is 0 Å². The van der Waals surface area contributed by atoms with Crippen molar-refractivity contribution in [1.82, 2.24) is 19.6 Å². The smallest absolute Gasteiger partial charge is 0.317 e. The van der Waals surface area contributed by atoms with Crippen LogP contribution in [0, 0.1) is 0 Å². The van der Waals surface area contributed by atoms with Crippen molar-refractivity contribution < 1.29 is 49.1 Å². The van der Waals surface area contributed by atoms with Crippen LogP contribution < -0.4 is 0 Å². The maximum Gasteiger partial charge on any atom is 0.317 e. The van der Waals surface area contributed by atoms with Crippen molar-refractivity contribution in [1.29, 1.82) is 0 Å². The molecule has 0 saturated carbocycles. The standard InChI is InChI=1S/C18H33N4O10P/c23-15(24)1-10-33(31,32)14-22-8-6-20(12-17(27)28)4-2-19(11-16(25)26)3-5-21(7-9-22)13-18(29)30/h1-14H2,(H,23,24)(H,25,26)(H,27,28)(H,29,30)(H,31,32). The van der Waals surface area contributed by atoms with Gasteiger partial charge in [-0.05, 0) is 0 Å². The Morgan fingerprint density at radius 3 is 1.15 bits per heavy atom. The first-order chi connectivity index (χ1) is 15.4. The van der Waals surface area contributed by atoms with E-state index in [9.17, 15) is 38.8 Å². The average molecular weight is 496 g/mol. The lowest BCUT2D eigenvalue weighted by Crippen LogP contribution is -2.48. The molecule has 0 aromatic carbocycles. The third-order valence-electron chi connectivity index (χ3n) is 5.10. The van der Waals surface area contributed by atoms with Crippen LogP contribution in [0.3, 0.4) is 0 Å². The van der Waals surface area contributed by atoms with Crippen LogP contribution in [-0.4, -0.2) is 153 Å². The summed E-state index contributed by atoms with van der Waals surface area (Å²) in [5.74, 6) is -4.38. The van der Waals surface area contributed by atoms with E-state index in [0.29, 0.717) is 0 Å². The third-order valence-corrected chi connectivity index (χ3v) is 6.87. The molecule has 33 heavy (non-hydrogen) atoms. The highest BCUT2D eigenvalue weighted by atomic mass is 31.2. The molecule has 5 N–H and O–H groups in total. The number of rotatable bonds is 11. The number of hydrogen-bond acceptors (Lipinski definition) is 9. The maximum atomic E-state index is 12.5. The molecule has 1 fully saturated rings. The maximum absolute atomic E-state index is 12.5. The van der Waals surface area contributed by atoms with Crippen molar-refractivity contribution in [2.24, 2.45) is 0 Å². The summed E-state index contributed by atoms with van der Waals surface area (Å²) in [5.41, 5.74) is 0. The van der Waals surface area contributed by atoms with Crippen LogP contribution in [0.1, 0.15) is 6.42 Å². The second-order valence-corrected chi connectivity index (χ2v) is 10.4. The fourth-order valence-electron chi connectivity index (χ4n) is 3.42. The Hall–Kier alpha value is -2.09. The van der Waals surface area contributed by atoms with Gasteiger partial charge in [-0.15, -0.1) is 0 Å². The molecular weight excluding hydrogens is 463 g/mol. The number of carboxylic acids is 4. The average Bonchev–Trinajstić information content (AvgIpc) is 2.67. The monoisotopic (exact) mass is 496 g/mol. The van der Waals surface area contributed by atoms with Gasteiger partial charge in [0.2, 0.25) is 7.37 Å². The van der Waals surface area contributed by atoms with Gasteiger partial charge >= 0.3 is 23.9 Å². The Balaban J connectivity index is 3.00. The Morgan fingerprint density at radius 2 is 0.879 bits per heavy atom. The fraction of sp³-hybridized carbons (Fsp3) is 0.778. The number of aliphatic carboxylic acids is 4. The number of carbonyl (C=O) groups is 4. The highest BCUT2D eigenvalue weighted by Crippen LogP contribution is 2.41. The molecule has 1 aliphatic rings. The first-order valence-corrected chi connectivity index (χ1v) is 12.5. The quantitative estimate of drug-likeness (QED) is 0.200. The molecule has 190 valence electrons. The minimum absolute atomic E-state index is 0.199. The molecule has 0 spiro atoms. The van der Waals surface area contributed by atoms with Gasteiger partial charge in [0, 0.05) is 58.5 Å². The summed E-state index contributed by atoms with van der Waals surface area (Å²) in [6.45, 7) is 0.932. The summed E-state index contributed by atoms with van der Waals surface area (Å²) in [5, 5.41) is 36.3. The zero-order chi connectivity index (χ0) is 25.0. The van der Waals surface area contributed by atoms with Gasteiger partial charge in [0.15, 0.2) is 0 Å². The third kappa shape index (κ3) is 13.9. The Bertz CT molecular complexity index is 705. The van der Waals surface area contributed by atoms with Gasteiger partial charge in [0.05, 0.1) is 32.3 Å². The van der Waals surface area contributed by atoms with Gasteiger partial charge in [-0.2, -0.15) is 0 Å². The van der Waals surface area contributed by atoms with Crippen LogP contribution in [0.4, 0.5) is 0 Å². The Labute approximate surface area is 191 Å². The van der Waals surface area contributed by atoms with Crippen molar-refractivity contribution in [3.05, 3.63) is 0 Å². The summed E-state index contributed by atoms with van der Waals surface area (Å²) < 4.78 is 12.5. The van der Waals surface area contributed by atoms with E-state index in [1.165, 1.54) is 0 Å². The van der Waals surface area contributed by atoms with Crippen LogP contribution in [-0.2, 0) is 23.7 Å². The van der Waals surface area contributed by atoms with Gasteiger partial charge < -0.3 is 25.3 Å². The van der Waals surface area contributed by atoms with E-state index in [-0.39, 0.29) is 78.3 Å². The summed E-state index contributed by atoms with van der Waals surface area (Å²) in [6.07, 6.45) is -1.16. The van der Waals surface area contributed by atoms with Crippen LogP contribution in [0.2, 0.25) is 0 Å². The molecular formula is C18H33N4O10P. The molecule has 0 bridgehead atoms. The highest BCUT2D eigenvalue weighted by molar-refractivity contribution is 7.57. The van der Waals surface area contributed by atoms with Crippen LogP contribution in [0.5, 0.6) is 0 Å². The van der Waals surface area contributed by atoms with Crippen LogP contribution in [0.15, 0.2) is 0 Å². The Kier molecular flexibility index (Phi) is 12.5. The fourth-order valence-corrected chi connectivity index (χ4v) is 5.01. The second-order valence-electron chi connectivity index (χ2n) is 7.98. The van der Waals surface area contributed by atoms with E-state index in [0.717, 1.165) is 0 Å². The minimum atomic E-state index is -3.81. The van der Waals surface area contributed by atoms with Crippen molar-refractivity contribution in [3.8, 4) is 0 Å². The summed E-state index contributed by atoms with van der Waals surface area (Å²) in [7, 11) is -3.81. The second kappa shape index (κ2) is 14.2. The summed E-state index contributed by atoms with van der Waals surface area (Å²) >= 11 is 0. The van der Waals surface area contributed by atoms with Gasteiger partial charge in [-0.3, -0.25) is 43.3 Å². The zero-order valence-electron chi connectivity index (χ0n) is 18.4. The van der Waals surface area contributed by atoms with Crippen molar-refractivity contribution in [2.45, 2.75) is 6.42 Å². The molecule has 1 heterocycles. The number of carboxylic acid groups (broad SMARTS) is 4. The van der Waals surface area contributed by atoms with Gasteiger partial charge in [0.1, 0.15) is 0 Å². The number of hydrogen-bond donors (Lipinski definition) is 5. The first-order valence-electron chi connectivity index (χ1n) is 10.4. The predicted octanol–water partition coefficient (Wildman–Crippen LogP) is -1.84. The molecule has 0 aromatic heterocycles. The topological polar surface area (TPSA) is 199 Å². The molecule has 0 aromatic rings. The van der Waals surface area contributed by atoms with Gasteiger partial charge in [-0.25, -0.2) is 0 Å². The largest absolute Gasteiger partial charge is 0.481 e. The molecule has 0 aliphatic carbocycles. The van der Waals surface area contributed by atoms with Crippen molar-refractivity contribution in [2.75, 3.05) is 84.4 Å². The summed E-state index contributed by atoms with van der Waals surface area (Å²) in [6, 6.07) is 0. The molecule has 1 atom stereocenters. The predicted molar refractivity (Wildman–Crippen MR) is 116 cm³/mol.